The van der Waals surface area contributed by atoms with Crippen molar-refractivity contribution in [3.05, 3.63) is 84.0 Å². The molecule has 0 spiro atoms. The van der Waals surface area contributed by atoms with Crippen LogP contribution in [0.25, 0.3) is 0 Å². The zero-order valence-corrected chi connectivity index (χ0v) is 21.9. The van der Waals surface area contributed by atoms with Crippen molar-refractivity contribution in [2.24, 2.45) is 0 Å². The van der Waals surface area contributed by atoms with E-state index >= 15 is 0 Å². The third kappa shape index (κ3) is 12.1. The fourth-order valence-corrected chi connectivity index (χ4v) is 3.41. The van der Waals surface area contributed by atoms with Crippen LogP contribution in [0.4, 0.5) is 0 Å². The van der Waals surface area contributed by atoms with Crippen LogP contribution in [0.15, 0.2) is 61.7 Å². The van der Waals surface area contributed by atoms with Crippen molar-refractivity contribution in [3.8, 4) is 23.3 Å². The number of allylic oxidation sites excluding steroid dienone is 2. The second-order valence-electron chi connectivity index (χ2n) is 8.47. The molecule has 0 fully saturated rings. The lowest BCUT2D eigenvalue weighted by Crippen LogP contribution is -2.17. The normalized spacial score (nSPS) is 10.6. The Bertz CT molecular complexity index is 1090. The van der Waals surface area contributed by atoms with Gasteiger partial charge in [-0.1, -0.05) is 42.3 Å². The van der Waals surface area contributed by atoms with Gasteiger partial charge in [0.2, 0.25) is 0 Å². The Hall–Kier alpha value is -3.78. The number of Topliss-reactive ketones (excluding diaryl/α,β-unsaturated/α-hetero) is 1. The lowest BCUT2D eigenvalue weighted by molar-refractivity contribution is -0.137. The number of aryl methyl sites for hydroxylation is 3. The lowest BCUT2D eigenvalue weighted by atomic mass is 10.0. The number of hydrogen-bond acceptors (Lipinski definition) is 4. The molecule has 2 aromatic carbocycles. The summed E-state index contributed by atoms with van der Waals surface area (Å²) in [4.78, 5) is 22.8. The average molecular weight is 491 g/mol. The number of carbonyl (C=O) groups is 2. The van der Waals surface area contributed by atoms with Gasteiger partial charge in [0, 0.05) is 31.2 Å². The fraction of sp³-hybridized carbons (Fsp3) is 0.355. The molecule has 1 unspecified atom stereocenters. The van der Waals surface area contributed by atoms with Crippen LogP contribution in [0.2, 0.25) is 0 Å². The van der Waals surface area contributed by atoms with E-state index in [2.05, 4.69) is 25.0 Å². The molecule has 36 heavy (non-hydrogen) atoms. The summed E-state index contributed by atoms with van der Waals surface area (Å²) in [5.41, 5.74) is 4.03. The van der Waals surface area contributed by atoms with E-state index in [4.69, 9.17) is 14.6 Å². The summed E-state index contributed by atoms with van der Waals surface area (Å²) in [5, 5.41) is 8.83. The molecule has 0 bridgehead atoms. The fourth-order valence-electron chi connectivity index (χ4n) is 3.41. The lowest BCUT2D eigenvalue weighted by Gasteiger charge is -2.18. The summed E-state index contributed by atoms with van der Waals surface area (Å²) in [5.74, 6) is 6.08. The zero-order valence-electron chi connectivity index (χ0n) is 21.9. The van der Waals surface area contributed by atoms with Gasteiger partial charge in [-0.15, -0.1) is 12.5 Å². The number of aliphatic carboxylic acids is 1. The number of carbonyl (C=O) groups excluding carboxylic acids is 1. The summed E-state index contributed by atoms with van der Waals surface area (Å²) < 4.78 is 12.0. The van der Waals surface area contributed by atoms with E-state index in [1.807, 2.05) is 57.2 Å². The van der Waals surface area contributed by atoms with Crippen molar-refractivity contribution in [2.45, 2.75) is 65.9 Å². The third-order valence-electron chi connectivity index (χ3n) is 5.27. The van der Waals surface area contributed by atoms with Gasteiger partial charge < -0.3 is 14.6 Å². The standard InChI is InChI=1S/C26H32O5.C5H6/c1-5-6-23(27)17-22-15-18(2)7-11-25(22)31-20(4)13-14-30-24-10-8-21(19(3)16-24)9-12-26(28)29;1-3-5-4-2/h5,7-8,10-11,15-16,20H,1,6,9,12-14,17H2,2-4H3,(H,28,29);3H,1H2,2H3. The van der Waals surface area contributed by atoms with Crippen molar-refractivity contribution < 1.29 is 24.2 Å². The minimum Gasteiger partial charge on any atom is -0.493 e. The molecule has 1 N–H and O–H groups in total. The molecule has 0 saturated carbocycles. The van der Waals surface area contributed by atoms with Crippen molar-refractivity contribution in [1.29, 1.82) is 0 Å². The molecule has 0 heterocycles. The molecule has 0 amide bonds. The van der Waals surface area contributed by atoms with Gasteiger partial charge >= 0.3 is 5.97 Å². The molecule has 2 aromatic rings. The van der Waals surface area contributed by atoms with Crippen LogP contribution >= 0.6 is 0 Å². The van der Waals surface area contributed by atoms with E-state index < -0.39 is 5.97 Å². The molecule has 192 valence electrons. The van der Waals surface area contributed by atoms with Crippen molar-refractivity contribution in [1.82, 2.24) is 0 Å². The Labute approximate surface area is 215 Å². The van der Waals surface area contributed by atoms with Crippen LogP contribution in [0.1, 0.15) is 55.4 Å². The van der Waals surface area contributed by atoms with Crippen LogP contribution in [0.3, 0.4) is 0 Å². The molecule has 0 aliphatic heterocycles. The number of ketones is 1. The summed E-state index contributed by atoms with van der Waals surface area (Å²) in [6.45, 7) is 15.2. The molecule has 0 aliphatic rings. The van der Waals surface area contributed by atoms with Gasteiger partial charge in [-0.25, -0.2) is 0 Å². The largest absolute Gasteiger partial charge is 0.493 e. The van der Waals surface area contributed by atoms with Crippen LogP contribution in [0, 0.1) is 25.7 Å². The highest BCUT2D eigenvalue weighted by molar-refractivity contribution is 5.82. The Morgan fingerprint density at radius 3 is 2.44 bits per heavy atom. The second kappa shape index (κ2) is 16.8. The van der Waals surface area contributed by atoms with E-state index in [9.17, 15) is 9.59 Å². The predicted molar refractivity (Wildman–Crippen MR) is 146 cm³/mol. The first kappa shape index (κ1) is 30.3. The Balaban J connectivity index is 0.00000118. The van der Waals surface area contributed by atoms with Gasteiger partial charge in [0.25, 0.3) is 0 Å². The first-order valence-corrected chi connectivity index (χ1v) is 12.1. The molecule has 5 heteroatoms. The topological polar surface area (TPSA) is 72.8 Å². The first-order chi connectivity index (χ1) is 17.2. The molecule has 0 aliphatic carbocycles. The minimum atomic E-state index is -0.796. The van der Waals surface area contributed by atoms with Gasteiger partial charge in [0.15, 0.2) is 0 Å². The summed E-state index contributed by atoms with van der Waals surface area (Å²) in [7, 11) is 0. The van der Waals surface area contributed by atoms with Crippen molar-refractivity contribution in [2.75, 3.05) is 6.61 Å². The van der Waals surface area contributed by atoms with Gasteiger partial charge in [-0.05, 0) is 69.5 Å². The molecule has 1 atom stereocenters. The molecule has 5 nitrogen and oxygen atoms in total. The quantitative estimate of drug-likeness (QED) is 0.258. The van der Waals surface area contributed by atoms with Gasteiger partial charge in [0.1, 0.15) is 17.3 Å². The van der Waals surface area contributed by atoms with Gasteiger partial charge in [-0.3, -0.25) is 9.59 Å². The van der Waals surface area contributed by atoms with E-state index in [1.165, 1.54) is 0 Å². The molecule has 2 rings (SSSR count). The minimum absolute atomic E-state index is 0.0769. The Morgan fingerprint density at radius 1 is 1.11 bits per heavy atom. The molecule has 0 saturated heterocycles. The number of rotatable bonds is 13. The summed E-state index contributed by atoms with van der Waals surface area (Å²) in [6, 6.07) is 11.6. The Morgan fingerprint density at radius 2 is 1.86 bits per heavy atom. The molecule has 0 radical (unpaired) electrons. The highest BCUT2D eigenvalue weighted by Gasteiger charge is 2.12. The number of carboxylic acid groups (broad SMARTS) is 1. The highest BCUT2D eigenvalue weighted by atomic mass is 16.5. The number of hydrogen-bond donors (Lipinski definition) is 1. The maximum Gasteiger partial charge on any atom is 0.303 e. The molecule has 0 aromatic heterocycles. The highest BCUT2D eigenvalue weighted by Crippen LogP contribution is 2.24. The van der Waals surface area contributed by atoms with Crippen molar-refractivity contribution >= 4 is 11.8 Å². The van der Waals surface area contributed by atoms with E-state index in [0.29, 0.717) is 32.3 Å². The van der Waals surface area contributed by atoms with Crippen LogP contribution < -0.4 is 9.47 Å². The monoisotopic (exact) mass is 490 g/mol. The van der Waals surface area contributed by atoms with E-state index in [-0.39, 0.29) is 18.3 Å². The smallest absolute Gasteiger partial charge is 0.303 e. The predicted octanol–water partition coefficient (Wildman–Crippen LogP) is 6.44. The van der Waals surface area contributed by atoms with Gasteiger partial charge in [-0.2, -0.15) is 0 Å². The van der Waals surface area contributed by atoms with Crippen LogP contribution in [-0.2, 0) is 22.4 Å². The number of ether oxygens (including phenoxy) is 2. The third-order valence-corrected chi connectivity index (χ3v) is 5.27. The van der Waals surface area contributed by atoms with E-state index in [1.54, 1.807) is 19.1 Å². The maximum atomic E-state index is 12.0. The number of benzene rings is 2. The Kier molecular flexibility index (Phi) is 14.1. The maximum absolute atomic E-state index is 12.0. The van der Waals surface area contributed by atoms with Gasteiger partial charge in [0.05, 0.1) is 12.7 Å². The van der Waals surface area contributed by atoms with Crippen LogP contribution in [0.5, 0.6) is 11.5 Å². The van der Waals surface area contributed by atoms with Crippen molar-refractivity contribution in [3.63, 3.8) is 0 Å². The summed E-state index contributed by atoms with van der Waals surface area (Å²) >= 11 is 0. The molecular weight excluding hydrogens is 452 g/mol. The second-order valence-corrected chi connectivity index (χ2v) is 8.47. The zero-order chi connectivity index (χ0) is 26.9. The first-order valence-electron chi connectivity index (χ1n) is 12.1. The van der Waals surface area contributed by atoms with E-state index in [0.717, 1.165) is 33.8 Å². The van der Waals surface area contributed by atoms with Crippen LogP contribution in [-0.4, -0.2) is 29.6 Å². The summed E-state index contributed by atoms with van der Waals surface area (Å²) in [6.07, 6.45) is 5.13. The number of carboxylic acids is 1. The SMILES string of the molecule is C=CC#CC.C=CCC(=O)Cc1cc(C)ccc1OC(C)CCOc1ccc(CCC(=O)O)c(C)c1. The molecular formula is C31H38O5. The average Bonchev–Trinajstić information content (AvgIpc) is 2.81.